The maximum atomic E-state index is 3.37. The summed E-state index contributed by atoms with van der Waals surface area (Å²) in [5.41, 5.74) is 0. The third-order valence-corrected chi connectivity index (χ3v) is 2.83. The fourth-order valence-electron chi connectivity index (χ4n) is 1.93. The zero-order valence-corrected chi connectivity index (χ0v) is 6.40. The van der Waals surface area contributed by atoms with E-state index in [0.717, 1.165) is 18.3 Å². The Morgan fingerprint density at radius 1 is 1.00 bits per heavy atom. The number of hydrogen-bond acceptors (Lipinski definition) is 0. The first-order valence-corrected chi connectivity index (χ1v) is 4.45. The van der Waals surface area contributed by atoms with E-state index in [9.17, 15) is 0 Å². The lowest BCUT2D eigenvalue weighted by Crippen LogP contribution is -2.24. The molecular weight excluding hydrogens is 120 g/mol. The van der Waals surface area contributed by atoms with Gasteiger partial charge in [0.05, 0.1) is 0 Å². The van der Waals surface area contributed by atoms with Crippen molar-refractivity contribution in [1.82, 2.24) is 0 Å². The van der Waals surface area contributed by atoms with Crippen LogP contribution in [0.2, 0.25) is 0 Å². The van der Waals surface area contributed by atoms with Crippen LogP contribution in [-0.4, -0.2) is 0 Å². The van der Waals surface area contributed by atoms with Gasteiger partial charge in [-0.3, -0.25) is 0 Å². The average molecular weight is 134 g/mol. The molecule has 2 atom stereocenters. The topological polar surface area (TPSA) is 0 Å². The van der Waals surface area contributed by atoms with Crippen LogP contribution in [0.3, 0.4) is 0 Å². The second-order valence-corrected chi connectivity index (χ2v) is 3.51. The lowest BCUT2D eigenvalue weighted by atomic mass is 9.71. The molecule has 0 spiro atoms. The highest BCUT2D eigenvalue weighted by atomic mass is 14.3. The van der Waals surface area contributed by atoms with E-state index in [2.05, 4.69) is 11.8 Å². The van der Waals surface area contributed by atoms with Gasteiger partial charge in [0.15, 0.2) is 0 Å². The van der Waals surface area contributed by atoms with Crippen LogP contribution in [0.4, 0.5) is 0 Å². The van der Waals surface area contributed by atoms with Crippen LogP contribution in [0.1, 0.15) is 38.5 Å². The highest BCUT2D eigenvalue weighted by Crippen LogP contribution is 2.38. The minimum Gasteiger partial charge on any atom is -0.103 e. The Kier molecular flexibility index (Phi) is 1.67. The first-order chi connectivity index (χ1) is 4.97. The quantitative estimate of drug-likeness (QED) is 0.447. The highest BCUT2D eigenvalue weighted by Gasteiger charge is 2.28. The monoisotopic (exact) mass is 134 g/mol. The number of fused-ring (bicyclic) bond motifs is 1. The lowest BCUT2D eigenvalue weighted by Gasteiger charge is -2.33. The molecule has 0 amide bonds. The van der Waals surface area contributed by atoms with E-state index in [0.29, 0.717) is 0 Å². The molecule has 2 aliphatic carbocycles. The lowest BCUT2D eigenvalue weighted by molar-refractivity contribution is 0.214. The van der Waals surface area contributed by atoms with Crippen LogP contribution in [0.25, 0.3) is 0 Å². The molecule has 1 fully saturated rings. The van der Waals surface area contributed by atoms with E-state index in [1.807, 2.05) is 0 Å². The second-order valence-electron chi connectivity index (χ2n) is 3.51. The Balaban J connectivity index is 2.01. The largest absolute Gasteiger partial charge is 0.103 e. The van der Waals surface area contributed by atoms with Crippen LogP contribution in [0.15, 0.2) is 0 Å². The van der Waals surface area contributed by atoms with Crippen LogP contribution >= 0.6 is 0 Å². The molecule has 2 rings (SSSR count). The fourth-order valence-corrected chi connectivity index (χ4v) is 1.93. The van der Waals surface area contributed by atoms with E-state index in [1.54, 1.807) is 0 Å². The molecule has 0 bridgehead atoms. The molecule has 0 aromatic rings. The summed E-state index contributed by atoms with van der Waals surface area (Å²) < 4.78 is 0. The van der Waals surface area contributed by atoms with Crippen molar-refractivity contribution in [2.45, 2.75) is 38.5 Å². The normalized spacial score (nSPS) is 37.6. The molecular formula is C10H14. The molecule has 0 aromatic heterocycles. The maximum Gasteiger partial charge on any atom is 0.0231 e. The Morgan fingerprint density at radius 2 is 2.00 bits per heavy atom. The summed E-state index contributed by atoms with van der Waals surface area (Å²) in [6, 6.07) is 0. The molecule has 2 aliphatic rings. The fraction of sp³-hybridized carbons (Fsp3) is 0.800. The van der Waals surface area contributed by atoms with Crippen molar-refractivity contribution in [3.63, 3.8) is 0 Å². The van der Waals surface area contributed by atoms with Gasteiger partial charge in [0.2, 0.25) is 0 Å². The third-order valence-electron chi connectivity index (χ3n) is 2.83. The van der Waals surface area contributed by atoms with E-state index in [4.69, 9.17) is 0 Å². The van der Waals surface area contributed by atoms with Crippen molar-refractivity contribution in [3.8, 4) is 11.8 Å². The van der Waals surface area contributed by atoms with Gasteiger partial charge >= 0.3 is 0 Å². The Hall–Kier alpha value is -0.440. The van der Waals surface area contributed by atoms with Crippen molar-refractivity contribution in [2.24, 2.45) is 11.8 Å². The molecule has 0 saturated heterocycles. The molecule has 54 valence electrons. The summed E-state index contributed by atoms with van der Waals surface area (Å²) >= 11 is 0. The molecule has 0 aromatic carbocycles. The van der Waals surface area contributed by atoms with Crippen molar-refractivity contribution >= 4 is 0 Å². The summed E-state index contributed by atoms with van der Waals surface area (Å²) in [4.78, 5) is 0. The number of rotatable bonds is 0. The molecule has 2 unspecified atom stereocenters. The van der Waals surface area contributed by atoms with Crippen molar-refractivity contribution in [2.75, 3.05) is 0 Å². The summed E-state index contributed by atoms with van der Waals surface area (Å²) in [5, 5.41) is 0. The second kappa shape index (κ2) is 2.66. The van der Waals surface area contributed by atoms with Gasteiger partial charge in [-0.05, 0) is 31.6 Å². The first kappa shape index (κ1) is 6.28. The summed E-state index contributed by atoms with van der Waals surface area (Å²) in [7, 11) is 0. The van der Waals surface area contributed by atoms with E-state index in [1.165, 1.54) is 32.1 Å². The van der Waals surface area contributed by atoms with Crippen LogP contribution < -0.4 is 0 Å². The third kappa shape index (κ3) is 1.06. The minimum absolute atomic E-state index is 0.806. The average Bonchev–Trinajstić information content (AvgIpc) is 1.89. The summed E-state index contributed by atoms with van der Waals surface area (Å²) in [5.74, 6) is 8.44. The van der Waals surface area contributed by atoms with Gasteiger partial charge in [-0.15, -0.1) is 5.92 Å². The van der Waals surface area contributed by atoms with Crippen molar-refractivity contribution in [1.29, 1.82) is 0 Å². The molecule has 0 N–H and O–H groups in total. The van der Waals surface area contributed by atoms with Crippen molar-refractivity contribution < 1.29 is 0 Å². The Labute approximate surface area is 63.0 Å². The summed E-state index contributed by atoms with van der Waals surface area (Å²) in [6.45, 7) is 0. The molecule has 0 nitrogen and oxygen atoms in total. The van der Waals surface area contributed by atoms with E-state index in [-0.39, 0.29) is 0 Å². The van der Waals surface area contributed by atoms with Crippen LogP contribution in [0.5, 0.6) is 0 Å². The van der Waals surface area contributed by atoms with Crippen LogP contribution in [-0.2, 0) is 0 Å². The molecule has 0 heterocycles. The molecule has 0 aliphatic heterocycles. The zero-order chi connectivity index (χ0) is 6.81. The maximum absolute atomic E-state index is 3.37. The SMILES string of the molecule is C1#CC2CCC2CCCC1. The minimum atomic E-state index is 0.806. The molecule has 10 heavy (non-hydrogen) atoms. The van der Waals surface area contributed by atoms with Gasteiger partial charge in [0.1, 0.15) is 0 Å². The zero-order valence-electron chi connectivity index (χ0n) is 6.40. The molecule has 1 saturated carbocycles. The Bertz CT molecular complexity index is 170. The van der Waals surface area contributed by atoms with Gasteiger partial charge in [0, 0.05) is 12.3 Å². The first-order valence-electron chi connectivity index (χ1n) is 4.45. The van der Waals surface area contributed by atoms with E-state index >= 15 is 0 Å². The van der Waals surface area contributed by atoms with Gasteiger partial charge in [-0.2, -0.15) is 0 Å². The smallest absolute Gasteiger partial charge is 0.0231 e. The summed E-state index contributed by atoms with van der Waals surface area (Å²) in [6.07, 6.45) is 8.23. The van der Waals surface area contributed by atoms with Crippen LogP contribution in [0, 0.1) is 23.7 Å². The highest BCUT2D eigenvalue weighted by molar-refractivity contribution is 5.09. The number of hydrogen-bond donors (Lipinski definition) is 0. The van der Waals surface area contributed by atoms with Gasteiger partial charge in [-0.1, -0.05) is 12.3 Å². The molecule has 0 heteroatoms. The van der Waals surface area contributed by atoms with E-state index < -0.39 is 0 Å². The van der Waals surface area contributed by atoms with Gasteiger partial charge < -0.3 is 0 Å². The van der Waals surface area contributed by atoms with Crippen molar-refractivity contribution in [3.05, 3.63) is 0 Å². The molecule has 0 radical (unpaired) electrons. The predicted octanol–water partition coefficient (Wildman–Crippen LogP) is 2.59. The standard InChI is InChI=1S/C10H14/c1-2-4-6-10-8-7-9(10)5-3-1/h9-10H,1-3,5,7-8H2. The Morgan fingerprint density at radius 3 is 2.80 bits per heavy atom. The van der Waals surface area contributed by atoms with Gasteiger partial charge in [0.25, 0.3) is 0 Å². The predicted molar refractivity (Wildman–Crippen MR) is 42.5 cm³/mol. The van der Waals surface area contributed by atoms with Gasteiger partial charge in [-0.25, -0.2) is 0 Å².